The monoisotopic (exact) mass is 355 g/mol. The molecule has 1 nitrogen and oxygen atoms in total. The fraction of sp³-hybridized carbons (Fsp3) is 0.375. The van der Waals surface area contributed by atoms with E-state index >= 15 is 0 Å². The second kappa shape index (κ2) is 7.34. The van der Waals surface area contributed by atoms with Crippen LogP contribution in [-0.2, 0) is 12.8 Å². The van der Waals surface area contributed by atoms with Gasteiger partial charge < -0.3 is 5.32 Å². The van der Waals surface area contributed by atoms with E-state index in [2.05, 4.69) is 46.5 Å². The summed E-state index contributed by atoms with van der Waals surface area (Å²) in [5, 5.41) is 5.66. The molecule has 2 aromatic rings. The topological polar surface area (TPSA) is 12.0 Å². The lowest BCUT2D eigenvalue weighted by Gasteiger charge is -2.19. The van der Waals surface area contributed by atoms with Crippen LogP contribution < -0.4 is 5.32 Å². The van der Waals surface area contributed by atoms with Gasteiger partial charge in [0.2, 0.25) is 0 Å². The third-order valence-corrected chi connectivity index (χ3v) is 5.21. The first kappa shape index (κ1) is 15.7. The van der Waals surface area contributed by atoms with Crippen LogP contribution in [-0.4, -0.2) is 6.54 Å². The molecule has 1 heterocycles. The molecule has 0 saturated carbocycles. The van der Waals surface area contributed by atoms with E-state index in [9.17, 15) is 4.39 Å². The molecular formula is C16H19BrFNS. The Morgan fingerprint density at radius 1 is 1.25 bits per heavy atom. The maximum atomic E-state index is 13.4. The van der Waals surface area contributed by atoms with E-state index in [0.717, 1.165) is 29.4 Å². The van der Waals surface area contributed by atoms with Gasteiger partial charge in [-0.3, -0.25) is 0 Å². The quantitative estimate of drug-likeness (QED) is 0.759. The van der Waals surface area contributed by atoms with E-state index < -0.39 is 0 Å². The highest BCUT2D eigenvalue weighted by molar-refractivity contribution is 9.10. The molecule has 1 aromatic carbocycles. The van der Waals surface area contributed by atoms with Crippen LogP contribution >= 0.6 is 27.3 Å². The first-order chi connectivity index (χ1) is 9.65. The van der Waals surface area contributed by atoms with Gasteiger partial charge >= 0.3 is 0 Å². The molecule has 0 amide bonds. The van der Waals surface area contributed by atoms with E-state index in [0.29, 0.717) is 0 Å². The third kappa shape index (κ3) is 3.68. The van der Waals surface area contributed by atoms with Gasteiger partial charge in [-0.05, 0) is 60.2 Å². The molecule has 0 fully saturated rings. The van der Waals surface area contributed by atoms with Gasteiger partial charge in [0.15, 0.2) is 0 Å². The Hall–Kier alpha value is -0.710. The number of likely N-dealkylation sites (N-methyl/N-ethyl adjacent to an activating group) is 1. The molecule has 0 aliphatic carbocycles. The number of thiophene rings is 1. The Morgan fingerprint density at radius 2 is 2.05 bits per heavy atom. The normalized spacial score (nSPS) is 12.6. The van der Waals surface area contributed by atoms with Crippen molar-refractivity contribution in [3.05, 3.63) is 55.9 Å². The largest absolute Gasteiger partial charge is 0.309 e. The fourth-order valence-electron chi connectivity index (χ4n) is 2.37. The summed E-state index contributed by atoms with van der Waals surface area (Å²) in [6, 6.07) is 7.31. The van der Waals surface area contributed by atoms with Crippen LogP contribution in [0.15, 0.2) is 34.1 Å². The summed E-state index contributed by atoms with van der Waals surface area (Å²) in [4.78, 5) is 1.37. The Bertz CT molecular complexity index is 567. The summed E-state index contributed by atoms with van der Waals surface area (Å²) >= 11 is 5.30. The zero-order valence-corrected chi connectivity index (χ0v) is 14.2. The summed E-state index contributed by atoms with van der Waals surface area (Å²) in [6.45, 7) is 5.18. The van der Waals surface area contributed by atoms with Crippen molar-refractivity contribution in [1.29, 1.82) is 0 Å². The zero-order valence-electron chi connectivity index (χ0n) is 11.7. The maximum absolute atomic E-state index is 13.4. The molecular weight excluding hydrogens is 337 g/mol. The number of aryl methyl sites for hydroxylation is 1. The van der Waals surface area contributed by atoms with Crippen molar-refractivity contribution in [2.75, 3.05) is 6.54 Å². The van der Waals surface area contributed by atoms with Gasteiger partial charge in [-0.2, -0.15) is 0 Å². The zero-order chi connectivity index (χ0) is 14.5. The molecule has 0 saturated heterocycles. The Morgan fingerprint density at radius 3 is 2.75 bits per heavy atom. The van der Waals surface area contributed by atoms with Crippen molar-refractivity contribution in [3.8, 4) is 0 Å². The lowest BCUT2D eigenvalue weighted by Crippen LogP contribution is -2.23. The van der Waals surface area contributed by atoms with Crippen LogP contribution in [0.5, 0.6) is 0 Å². The second-order valence-corrected chi connectivity index (χ2v) is 6.52. The van der Waals surface area contributed by atoms with E-state index in [1.165, 1.54) is 16.5 Å². The van der Waals surface area contributed by atoms with Crippen LogP contribution in [0.2, 0.25) is 0 Å². The van der Waals surface area contributed by atoms with Gasteiger partial charge in [-0.1, -0.05) is 29.8 Å². The number of halogens is 2. The summed E-state index contributed by atoms with van der Waals surface area (Å²) in [5.41, 5.74) is 2.39. The minimum atomic E-state index is -0.180. The first-order valence-electron chi connectivity index (χ1n) is 6.89. The van der Waals surface area contributed by atoms with Gasteiger partial charge in [-0.15, -0.1) is 11.3 Å². The molecule has 2 rings (SSSR count). The van der Waals surface area contributed by atoms with Crippen LogP contribution in [0.25, 0.3) is 0 Å². The highest BCUT2D eigenvalue weighted by atomic mass is 79.9. The molecule has 108 valence electrons. The van der Waals surface area contributed by atoms with Crippen molar-refractivity contribution in [2.45, 2.75) is 32.7 Å². The summed E-state index contributed by atoms with van der Waals surface area (Å²) in [7, 11) is 0. The highest BCUT2D eigenvalue weighted by Gasteiger charge is 2.17. The average Bonchev–Trinajstić information content (AvgIpc) is 2.90. The summed E-state index contributed by atoms with van der Waals surface area (Å²) in [5.74, 6) is -0.180. The fourth-order valence-corrected chi connectivity index (χ4v) is 3.85. The second-order valence-electron chi connectivity index (χ2n) is 4.71. The molecule has 1 unspecified atom stereocenters. The van der Waals surface area contributed by atoms with E-state index in [-0.39, 0.29) is 11.9 Å². The standard InChI is InChI=1S/C16H19BrFNS/c1-3-11-7-8-20-16(11)15(19-4-2)10-12-9-13(18)5-6-14(12)17/h5-9,15,19H,3-4,10H2,1-2H3. The number of nitrogens with one attached hydrogen (secondary N) is 1. The lowest BCUT2D eigenvalue weighted by molar-refractivity contribution is 0.550. The van der Waals surface area contributed by atoms with Crippen LogP contribution in [0.1, 0.15) is 35.9 Å². The van der Waals surface area contributed by atoms with E-state index in [1.807, 2.05) is 0 Å². The smallest absolute Gasteiger partial charge is 0.123 e. The molecule has 0 spiro atoms. The van der Waals surface area contributed by atoms with Crippen molar-refractivity contribution in [1.82, 2.24) is 5.32 Å². The molecule has 0 aliphatic rings. The van der Waals surface area contributed by atoms with Gasteiger partial charge in [0.05, 0.1) is 0 Å². The summed E-state index contributed by atoms with van der Waals surface area (Å²) in [6.07, 6.45) is 1.82. The number of benzene rings is 1. The molecule has 0 aliphatic heterocycles. The van der Waals surface area contributed by atoms with Crippen molar-refractivity contribution >= 4 is 27.3 Å². The van der Waals surface area contributed by atoms with Gasteiger partial charge in [-0.25, -0.2) is 4.39 Å². The Labute approximate surface area is 132 Å². The van der Waals surface area contributed by atoms with E-state index in [1.54, 1.807) is 23.5 Å². The lowest BCUT2D eigenvalue weighted by atomic mass is 10.0. The van der Waals surface area contributed by atoms with Gasteiger partial charge in [0.25, 0.3) is 0 Å². The number of hydrogen-bond donors (Lipinski definition) is 1. The molecule has 4 heteroatoms. The third-order valence-electron chi connectivity index (χ3n) is 3.36. The minimum Gasteiger partial charge on any atom is -0.309 e. The van der Waals surface area contributed by atoms with Gasteiger partial charge in [0.1, 0.15) is 5.82 Å². The van der Waals surface area contributed by atoms with Crippen molar-refractivity contribution < 1.29 is 4.39 Å². The molecule has 0 bridgehead atoms. The Kier molecular flexibility index (Phi) is 5.75. The SMILES string of the molecule is CCNC(Cc1cc(F)ccc1Br)c1sccc1CC. The predicted octanol–water partition coefficient (Wildman–Crippen LogP) is 5.11. The Balaban J connectivity index is 2.27. The molecule has 0 radical (unpaired) electrons. The van der Waals surface area contributed by atoms with Crippen molar-refractivity contribution in [3.63, 3.8) is 0 Å². The minimum absolute atomic E-state index is 0.180. The molecule has 1 aromatic heterocycles. The summed E-state index contributed by atoms with van der Waals surface area (Å²) < 4.78 is 14.4. The number of rotatable bonds is 6. The van der Waals surface area contributed by atoms with Crippen molar-refractivity contribution in [2.24, 2.45) is 0 Å². The number of hydrogen-bond acceptors (Lipinski definition) is 2. The first-order valence-corrected chi connectivity index (χ1v) is 8.56. The average molecular weight is 356 g/mol. The van der Waals surface area contributed by atoms with E-state index in [4.69, 9.17) is 0 Å². The van der Waals surface area contributed by atoms with Crippen LogP contribution in [0, 0.1) is 5.82 Å². The maximum Gasteiger partial charge on any atom is 0.123 e. The molecule has 1 atom stereocenters. The highest BCUT2D eigenvalue weighted by Crippen LogP contribution is 2.30. The predicted molar refractivity (Wildman–Crippen MR) is 87.9 cm³/mol. The molecule has 20 heavy (non-hydrogen) atoms. The van der Waals surface area contributed by atoms with Gasteiger partial charge in [0, 0.05) is 15.4 Å². The van der Waals surface area contributed by atoms with Crippen LogP contribution in [0.3, 0.4) is 0 Å². The molecule has 1 N–H and O–H groups in total. The van der Waals surface area contributed by atoms with Crippen LogP contribution in [0.4, 0.5) is 4.39 Å².